The Bertz CT molecular complexity index is 718. The second kappa shape index (κ2) is 8.47. The first-order chi connectivity index (χ1) is 12.2. The van der Waals surface area contributed by atoms with Crippen LogP contribution in [-0.2, 0) is 16.1 Å². The molecule has 0 saturated heterocycles. The quantitative estimate of drug-likeness (QED) is 0.752. The van der Waals surface area contributed by atoms with Crippen LogP contribution in [-0.4, -0.2) is 18.0 Å². The first kappa shape index (κ1) is 17.2. The van der Waals surface area contributed by atoms with Gasteiger partial charge in [-0.05, 0) is 43.4 Å². The highest BCUT2D eigenvalue weighted by Crippen LogP contribution is 2.22. The first-order valence-corrected chi connectivity index (χ1v) is 8.75. The maximum atomic E-state index is 12.5. The molecule has 1 aliphatic rings. The summed E-state index contributed by atoms with van der Waals surface area (Å²) in [6, 6.07) is 16.1. The first-order valence-electron chi connectivity index (χ1n) is 8.75. The highest BCUT2D eigenvalue weighted by atomic mass is 16.5. The zero-order valence-electron chi connectivity index (χ0n) is 14.1. The Labute approximate surface area is 147 Å². The lowest BCUT2D eigenvalue weighted by molar-refractivity contribution is 0.0203. The number of ether oxygens (including phenoxy) is 2. The van der Waals surface area contributed by atoms with Gasteiger partial charge in [-0.2, -0.15) is 0 Å². The van der Waals surface area contributed by atoms with Gasteiger partial charge < -0.3 is 9.47 Å². The van der Waals surface area contributed by atoms with Crippen molar-refractivity contribution in [1.29, 1.82) is 0 Å². The van der Waals surface area contributed by atoms with Crippen molar-refractivity contribution in [3.05, 3.63) is 71.3 Å². The molecule has 1 saturated carbocycles. The van der Waals surface area contributed by atoms with Crippen LogP contribution in [0.3, 0.4) is 0 Å². The van der Waals surface area contributed by atoms with E-state index in [0.29, 0.717) is 0 Å². The summed E-state index contributed by atoms with van der Waals surface area (Å²) >= 11 is 0. The lowest BCUT2D eigenvalue weighted by atomic mass is 9.97. The molecule has 4 nitrogen and oxygen atoms in total. The molecule has 0 heterocycles. The molecule has 0 atom stereocenters. The minimum atomic E-state index is -0.514. The van der Waals surface area contributed by atoms with Crippen LogP contribution < -0.4 is 0 Å². The van der Waals surface area contributed by atoms with Crippen molar-refractivity contribution in [2.75, 3.05) is 0 Å². The molecular weight excluding hydrogens is 316 g/mol. The maximum absolute atomic E-state index is 12.5. The fourth-order valence-electron chi connectivity index (χ4n) is 3.04. The number of esters is 2. The third kappa shape index (κ3) is 4.69. The summed E-state index contributed by atoms with van der Waals surface area (Å²) in [6.45, 7) is 0.172. The fourth-order valence-corrected chi connectivity index (χ4v) is 3.04. The van der Waals surface area contributed by atoms with E-state index < -0.39 is 11.9 Å². The predicted octanol–water partition coefficient (Wildman–Crippen LogP) is 4.53. The van der Waals surface area contributed by atoms with Crippen LogP contribution in [0.4, 0.5) is 0 Å². The minimum absolute atomic E-state index is 0.0466. The van der Waals surface area contributed by atoms with Crippen LogP contribution >= 0.6 is 0 Å². The van der Waals surface area contributed by atoms with Crippen LogP contribution in [0.25, 0.3) is 0 Å². The highest BCUT2D eigenvalue weighted by molar-refractivity contribution is 6.03. The summed E-state index contributed by atoms with van der Waals surface area (Å²) in [5.74, 6) is -0.959. The van der Waals surface area contributed by atoms with E-state index in [1.54, 1.807) is 24.3 Å². The molecule has 25 heavy (non-hydrogen) atoms. The van der Waals surface area contributed by atoms with Gasteiger partial charge in [-0.25, -0.2) is 9.59 Å². The fraction of sp³-hybridized carbons (Fsp3) is 0.333. The van der Waals surface area contributed by atoms with Gasteiger partial charge in [0.15, 0.2) is 0 Å². The monoisotopic (exact) mass is 338 g/mol. The summed E-state index contributed by atoms with van der Waals surface area (Å²) in [5.41, 5.74) is 1.42. The summed E-state index contributed by atoms with van der Waals surface area (Å²) < 4.78 is 10.9. The van der Waals surface area contributed by atoms with Crippen LogP contribution in [0, 0.1) is 0 Å². The molecule has 0 amide bonds. The Balaban J connectivity index is 1.67. The molecule has 3 rings (SSSR count). The predicted molar refractivity (Wildman–Crippen MR) is 94.3 cm³/mol. The number of rotatable bonds is 5. The lowest BCUT2D eigenvalue weighted by Crippen LogP contribution is -2.22. The molecule has 0 unspecified atom stereocenters. The average molecular weight is 338 g/mol. The Morgan fingerprint density at radius 2 is 1.40 bits per heavy atom. The van der Waals surface area contributed by atoms with Gasteiger partial charge in [0.05, 0.1) is 11.1 Å². The molecule has 0 aromatic heterocycles. The van der Waals surface area contributed by atoms with Crippen molar-refractivity contribution in [3.8, 4) is 0 Å². The van der Waals surface area contributed by atoms with E-state index in [2.05, 4.69) is 0 Å². The molecule has 0 bridgehead atoms. The number of hydrogen-bond donors (Lipinski definition) is 0. The third-order valence-corrected chi connectivity index (χ3v) is 4.41. The maximum Gasteiger partial charge on any atom is 0.339 e. The molecule has 0 N–H and O–H groups in total. The van der Waals surface area contributed by atoms with Gasteiger partial charge in [-0.15, -0.1) is 0 Å². The summed E-state index contributed by atoms with van der Waals surface area (Å²) in [4.78, 5) is 24.9. The van der Waals surface area contributed by atoms with E-state index in [1.807, 2.05) is 30.3 Å². The molecule has 1 aliphatic carbocycles. The minimum Gasteiger partial charge on any atom is -0.459 e. The smallest absolute Gasteiger partial charge is 0.339 e. The number of carbonyl (C=O) groups is 2. The SMILES string of the molecule is O=C(OCc1ccccc1)c1ccccc1C(=O)OC1CCCCC1. The normalized spacial score (nSPS) is 14.7. The largest absolute Gasteiger partial charge is 0.459 e. The lowest BCUT2D eigenvalue weighted by Gasteiger charge is -2.22. The molecule has 0 radical (unpaired) electrons. The molecule has 2 aromatic carbocycles. The van der Waals surface area contributed by atoms with Gasteiger partial charge in [0.2, 0.25) is 0 Å². The summed E-state index contributed by atoms with van der Waals surface area (Å²) in [5, 5.41) is 0. The third-order valence-electron chi connectivity index (χ3n) is 4.41. The second-order valence-corrected chi connectivity index (χ2v) is 6.27. The van der Waals surface area contributed by atoms with Gasteiger partial charge >= 0.3 is 11.9 Å². The number of benzene rings is 2. The van der Waals surface area contributed by atoms with Crippen LogP contribution in [0.5, 0.6) is 0 Å². The molecular formula is C21H22O4. The Morgan fingerprint density at radius 1 is 0.800 bits per heavy atom. The average Bonchev–Trinajstić information content (AvgIpc) is 2.67. The molecule has 0 aliphatic heterocycles. The van der Waals surface area contributed by atoms with Crippen LogP contribution in [0.1, 0.15) is 58.4 Å². The van der Waals surface area contributed by atoms with Crippen LogP contribution in [0.15, 0.2) is 54.6 Å². The molecule has 0 spiro atoms. The standard InChI is InChI=1S/C21H22O4/c22-20(24-15-16-9-3-1-4-10-16)18-13-7-8-14-19(18)21(23)25-17-11-5-2-6-12-17/h1,3-4,7-10,13-14,17H,2,5-6,11-12,15H2. The molecule has 130 valence electrons. The van der Waals surface area contributed by atoms with Gasteiger partial charge in [0.1, 0.15) is 12.7 Å². The van der Waals surface area contributed by atoms with Crippen molar-refractivity contribution in [3.63, 3.8) is 0 Å². The Morgan fingerprint density at radius 3 is 2.08 bits per heavy atom. The van der Waals surface area contributed by atoms with Crippen molar-refractivity contribution in [1.82, 2.24) is 0 Å². The van der Waals surface area contributed by atoms with Gasteiger partial charge in [-0.1, -0.05) is 48.9 Å². The van der Waals surface area contributed by atoms with Gasteiger partial charge in [0, 0.05) is 0 Å². The Kier molecular flexibility index (Phi) is 5.83. The zero-order valence-corrected chi connectivity index (χ0v) is 14.1. The zero-order chi connectivity index (χ0) is 17.5. The van der Waals surface area contributed by atoms with Crippen molar-refractivity contribution in [2.24, 2.45) is 0 Å². The summed E-state index contributed by atoms with van der Waals surface area (Å²) in [6.07, 6.45) is 5.10. The topological polar surface area (TPSA) is 52.6 Å². The molecule has 1 fully saturated rings. The van der Waals surface area contributed by atoms with Crippen molar-refractivity contribution < 1.29 is 19.1 Å². The van der Waals surface area contributed by atoms with E-state index in [-0.39, 0.29) is 23.8 Å². The number of carbonyl (C=O) groups excluding carboxylic acids is 2. The van der Waals surface area contributed by atoms with E-state index in [4.69, 9.17) is 9.47 Å². The highest BCUT2D eigenvalue weighted by Gasteiger charge is 2.23. The molecule has 2 aromatic rings. The van der Waals surface area contributed by atoms with Gasteiger partial charge in [-0.3, -0.25) is 0 Å². The van der Waals surface area contributed by atoms with E-state index in [0.717, 1.165) is 31.2 Å². The van der Waals surface area contributed by atoms with Crippen molar-refractivity contribution >= 4 is 11.9 Å². The van der Waals surface area contributed by atoms with E-state index in [1.165, 1.54) is 6.42 Å². The van der Waals surface area contributed by atoms with Crippen molar-refractivity contribution in [2.45, 2.75) is 44.8 Å². The Hall–Kier alpha value is -2.62. The van der Waals surface area contributed by atoms with Crippen LogP contribution in [0.2, 0.25) is 0 Å². The van der Waals surface area contributed by atoms with Gasteiger partial charge in [0.25, 0.3) is 0 Å². The van der Waals surface area contributed by atoms with E-state index in [9.17, 15) is 9.59 Å². The summed E-state index contributed by atoms with van der Waals surface area (Å²) in [7, 11) is 0. The van der Waals surface area contributed by atoms with E-state index >= 15 is 0 Å². The number of hydrogen-bond acceptors (Lipinski definition) is 4. The second-order valence-electron chi connectivity index (χ2n) is 6.27. The molecule has 4 heteroatoms.